The van der Waals surface area contributed by atoms with Crippen LogP contribution < -0.4 is 10.5 Å². The summed E-state index contributed by atoms with van der Waals surface area (Å²) < 4.78 is 12.6. The molecule has 0 fully saturated rings. The highest BCUT2D eigenvalue weighted by atomic mass is 16.5. The van der Waals surface area contributed by atoms with Gasteiger partial charge in [-0.15, -0.1) is 0 Å². The van der Waals surface area contributed by atoms with Crippen molar-refractivity contribution in [1.82, 2.24) is 9.78 Å². The minimum atomic E-state index is 0.291. The molecule has 20 heavy (non-hydrogen) atoms. The van der Waals surface area contributed by atoms with E-state index in [2.05, 4.69) is 18.9 Å². The van der Waals surface area contributed by atoms with Gasteiger partial charge in [0.2, 0.25) is 0 Å². The zero-order valence-electron chi connectivity index (χ0n) is 12.2. The molecule has 0 radical (unpaired) electrons. The largest absolute Gasteiger partial charge is 0.491 e. The lowest BCUT2D eigenvalue weighted by Gasteiger charge is -2.13. The van der Waals surface area contributed by atoms with Crippen LogP contribution in [0.25, 0.3) is 11.3 Å². The maximum Gasteiger partial charge on any atom is 0.122 e. The first-order valence-corrected chi connectivity index (χ1v) is 6.68. The molecule has 2 rings (SSSR count). The molecule has 0 aliphatic rings. The van der Waals surface area contributed by atoms with Gasteiger partial charge in [0.25, 0.3) is 0 Å². The average molecular weight is 275 g/mol. The van der Waals surface area contributed by atoms with Crippen LogP contribution in [0.3, 0.4) is 0 Å². The molecule has 2 aromatic rings. The van der Waals surface area contributed by atoms with Crippen molar-refractivity contribution in [1.29, 1.82) is 0 Å². The standard InChI is InChI=1S/C15H21N3O2/c1-11(2)18-15(4-5-17-18)12-8-13(16)10-14(9-12)20-7-6-19-3/h4-5,8-11H,6-7,16H2,1-3H3. The van der Waals surface area contributed by atoms with Crippen LogP contribution in [0.15, 0.2) is 30.5 Å². The quantitative estimate of drug-likeness (QED) is 0.650. The molecule has 1 heterocycles. The molecule has 0 aliphatic carbocycles. The Bertz CT molecular complexity index is 564. The van der Waals surface area contributed by atoms with Crippen molar-refractivity contribution >= 4 is 5.69 Å². The number of benzene rings is 1. The molecule has 0 saturated heterocycles. The Hall–Kier alpha value is -2.01. The number of hydrogen-bond donors (Lipinski definition) is 1. The van der Waals surface area contributed by atoms with E-state index in [4.69, 9.17) is 15.2 Å². The fourth-order valence-electron chi connectivity index (χ4n) is 2.05. The van der Waals surface area contributed by atoms with E-state index in [9.17, 15) is 0 Å². The second-order valence-electron chi connectivity index (χ2n) is 4.89. The van der Waals surface area contributed by atoms with Crippen molar-refractivity contribution < 1.29 is 9.47 Å². The second kappa shape index (κ2) is 6.43. The summed E-state index contributed by atoms with van der Waals surface area (Å²) in [6.07, 6.45) is 1.80. The Morgan fingerprint density at radius 1 is 1.25 bits per heavy atom. The molecule has 1 aromatic carbocycles. The number of methoxy groups -OCH3 is 1. The van der Waals surface area contributed by atoms with E-state index in [0.717, 1.165) is 17.0 Å². The Labute approximate surface area is 119 Å². The van der Waals surface area contributed by atoms with Crippen LogP contribution in [-0.2, 0) is 4.74 Å². The van der Waals surface area contributed by atoms with E-state index in [-0.39, 0.29) is 0 Å². The van der Waals surface area contributed by atoms with Crippen LogP contribution >= 0.6 is 0 Å². The number of nitrogens with zero attached hydrogens (tertiary/aromatic N) is 2. The zero-order valence-corrected chi connectivity index (χ0v) is 12.2. The van der Waals surface area contributed by atoms with Crippen molar-refractivity contribution in [2.75, 3.05) is 26.1 Å². The molecule has 108 valence electrons. The number of nitrogens with two attached hydrogens (primary N) is 1. The summed E-state index contributed by atoms with van der Waals surface area (Å²) in [5.74, 6) is 0.744. The molecular formula is C15H21N3O2. The SMILES string of the molecule is COCCOc1cc(N)cc(-c2ccnn2C(C)C)c1. The average Bonchev–Trinajstić information content (AvgIpc) is 2.87. The summed E-state index contributed by atoms with van der Waals surface area (Å²) in [6, 6.07) is 7.99. The topological polar surface area (TPSA) is 62.3 Å². The van der Waals surface area contributed by atoms with E-state index in [1.807, 2.05) is 28.9 Å². The van der Waals surface area contributed by atoms with Crippen LogP contribution in [0.2, 0.25) is 0 Å². The minimum Gasteiger partial charge on any atom is -0.491 e. The molecule has 0 atom stereocenters. The smallest absolute Gasteiger partial charge is 0.122 e. The van der Waals surface area contributed by atoms with Crippen LogP contribution in [-0.4, -0.2) is 30.1 Å². The van der Waals surface area contributed by atoms with Gasteiger partial charge in [-0.1, -0.05) is 0 Å². The lowest BCUT2D eigenvalue weighted by Crippen LogP contribution is -2.06. The summed E-state index contributed by atoms with van der Waals surface area (Å²) in [5, 5.41) is 4.34. The second-order valence-corrected chi connectivity index (χ2v) is 4.89. The molecule has 1 aromatic heterocycles. The third-order valence-electron chi connectivity index (χ3n) is 2.94. The van der Waals surface area contributed by atoms with Gasteiger partial charge in [-0.2, -0.15) is 5.10 Å². The first-order valence-electron chi connectivity index (χ1n) is 6.68. The van der Waals surface area contributed by atoms with Gasteiger partial charge in [-0.3, -0.25) is 4.68 Å². The maximum absolute atomic E-state index is 5.96. The number of hydrogen-bond acceptors (Lipinski definition) is 4. The lowest BCUT2D eigenvalue weighted by atomic mass is 10.1. The molecule has 0 amide bonds. The van der Waals surface area contributed by atoms with E-state index < -0.39 is 0 Å². The highest BCUT2D eigenvalue weighted by Gasteiger charge is 2.10. The molecule has 0 saturated carbocycles. The Kier molecular flexibility index (Phi) is 4.63. The Morgan fingerprint density at radius 2 is 2.05 bits per heavy atom. The first kappa shape index (κ1) is 14.4. The normalized spacial score (nSPS) is 11.0. The highest BCUT2D eigenvalue weighted by molar-refractivity contribution is 5.67. The lowest BCUT2D eigenvalue weighted by molar-refractivity contribution is 0.146. The van der Waals surface area contributed by atoms with E-state index in [1.54, 1.807) is 13.3 Å². The molecule has 0 unspecified atom stereocenters. The number of ether oxygens (including phenoxy) is 2. The predicted octanol–water partition coefficient (Wildman–Crippen LogP) is 2.74. The summed E-state index contributed by atoms with van der Waals surface area (Å²) >= 11 is 0. The van der Waals surface area contributed by atoms with E-state index in [1.165, 1.54) is 0 Å². The fraction of sp³-hybridized carbons (Fsp3) is 0.400. The van der Waals surface area contributed by atoms with Crippen LogP contribution in [0.5, 0.6) is 5.75 Å². The van der Waals surface area contributed by atoms with Gasteiger partial charge in [0.05, 0.1) is 12.3 Å². The van der Waals surface area contributed by atoms with Crippen molar-refractivity contribution in [2.45, 2.75) is 19.9 Å². The molecular weight excluding hydrogens is 254 g/mol. The van der Waals surface area contributed by atoms with Gasteiger partial charge < -0.3 is 15.2 Å². The zero-order chi connectivity index (χ0) is 14.5. The van der Waals surface area contributed by atoms with Gasteiger partial charge >= 0.3 is 0 Å². The van der Waals surface area contributed by atoms with Gasteiger partial charge in [0.1, 0.15) is 12.4 Å². The molecule has 0 spiro atoms. The maximum atomic E-state index is 5.96. The predicted molar refractivity (Wildman–Crippen MR) is 79.8 cm³/mol. The van der Waals surface area contributed by atoms with Crippen LogP contribution in [0.4, 0.5) is 5.69 Å². The van der Waals surface area contributed by atoms with Crippen molar-refractivity contribution in [3.05, 3.63) is 30.5 Å². The third-order valence-corrected chi connectivity index (χ3v) is 2.94. The van der Waals surface area contributed by atoms with Gasteiger partial charge in [-0.25, -0.2) is 0 Å². The minimum absolute atomic E-state index is 0.291. The number of rotatable bonds is 6. The van der Waals surface area contributed by atoms with Crippen molar-refractivity contribution in [2.24, 2.45) is 0 Å². The molecule has 0 aliphatic heterocycles. The van der Waals surface area contributed by atoms with Gasteiger partial charge in [0.15, 0.2) is 0 Å². The summed E-state index contributed by atoms with van der Waals surface area (Å²) in [4.78, 5) is 0. The highest BCUT2D eigenvalue weighted by Crippen LogP contribution is 2.28. The van der Waals surface area contributed by atoms with Crippen molar-refractivity contribution in [3.63, 3.8) is 0 Å². The van der Waals surface area contributed by atoms with Crippen molar-refractivity contribution in [3.8, 4) is 17.0 Å². The number of nitrogen functional groups attached to an aromatic ring is 1. The monoisotopic (exact) mass is 275 g/mol. The third kappa shape index (κ3) is 3.30. The summed E-state index contributed by atoms with van der Waals surface area (Å²) in [6.45, 7) is 5.24. The van der Waals surface area contributed by atoms with Crippen LogP contribution in [0, 0.1) is 0 Å². The number of aromatic nitrogens is 2. The van der Waals surface area contributed by atoms with Gasteiger partial charge in [0, 0.05) is 36.7 Å². The fourth-order valence-corrected chi connectivity index (χ4v) is 2.05. The number of anilines is 1. The summed E-state index contributed by atoms with van der Waals surface area (Å²) in [7, 11) is 1.65. The first-order chi connectivity index (χ1) is 9.61. The Balaban J connectivity index is 2.29. The molecule has 2 N–H and O–H groups in total. The Morgan fingerprint density at radius 3 is 2.75 bits per heavy atom. The molecule has 5 nitrogen and oxygen atoms in total. The van der Waals surface area contributed by atoms with Crippen LogP contribution in [0.1, 0.15) is 19.9 Å². The molecule has 5 heteroatoms. The van der Waals surface area contributed by atoms with E-state index >= 15 is 0 Å². The van der Waals surface area contributed by atoms with E-state index in [0.29, 0.717) is 24.9 Å². The molecule has 0 bridgehead atoms. The van der Waals surface area contributed by atoms with Gasteiger partial charge in [-0.05, 0) is 32.0 Å². The summed E-state index contributed by atoms with van der Waals surface area (Å²) in [5.41, 5.74) is 8.66.